The Bertz CT molecular complexity index is 365. The fourth-order valence-electron chi connectivity index (χ4n) is 2.29. The molecule has 1 aliphatic rings. The van der Waals surface area contributed by atoms with Gasteiger partial charge < -0.3 is 10.2 Å². The first-order valence-electron chi connectivity index (χ1n) is 5.81. The third-order valence-corrected chi connectivity index (χ3v) is 3.34. The van der Waals surface area contributed by atoms with Crippen molar-refractivity contribution in [2.24, 2.45) is 5.92 Å². The Morgan fingerprint density at radius 2 is 2.25 bits per heavy atom. The van der Waals surface area contributed by atoms with Gasteiger partial charge in [0.25, 0.3) is 0 Å². The zero-order chi connectivity index (χ0) is 11.5. The molecule has 1 saturated heterocycles. The van der Waals surface area contributed by atoms with Gasteiger partial charge in [0.15, 0.2) is 0 Å². The van der Waals surface area contributed by atoms with E-state index in [4.69, 9.17) is 5.11 Å². The molecule has 2 N–H and O–H groups in total. The number of aromatic hydroxyl groups is 1. The monoisotopic (exact) mass is 221 g/mol. The molecule has 1 unspecified atom stereocenters. The fraction of sp³-hybridized carbons (Fsp3) is 0.538. The highest BCUT2D eigenvalue weighted by Gasteiger charge is 2.22. The maximum atomic E-state index is 9.90. The second-order valence-corrected chi connectivity index (χ2v) is 4.66. The molecule has 88 valence electrons. The minimum Gasteiger partial charge on any atom is -0.507 e. The molecular formula is C13H19NO2. The van der Waals surface area contributed by atoms with Crippen molar-refractivity contribution in [3.63, 3.8) is 0 Å². The first-order chi connectivity index (χ1) is 7.70. The highest BCUT2D eigenvalue weighted by atomic mass is 16.3. The van der Waals surface area contributed by atoms with E-state index < -0.39 is 0 Å². The van der Waals surface area contributed by atoms with Crippen molar-refractivity contribution in [1.29, 1.82) is 0 Å². The lowest BCUT2D eigenvalue weighted by atomic mass is 10.1. The summed E-state index contributed by atoms with van der Waals surface area (Å²) in [6.07, 6.45) is 1.06. The van der Waals surface area contributed by atoms with Gasteiger partial charge in [-0.2, -0.15) is 0 Å². The summed E-state index contributed by atoms with van der Waals surface area (Å²) in [6, 6.07) is 5.86. The largest absolute Gasteiger partial charge is 0.507 e. The molecule has 1 aliphatic heterocycles. The van der Waals surface area contributed by atoms with Crippen LogP contribution in [0.25, 0.3) is 0 Å². The van der Waals surface area contributed by atoms with Crippen LogP contribution < -0.4 is 0 Å². The Morgan fingerprint density at radius 1 is 1.44 bits per heavy atom. The smallest absolute Gasteiger partial charge is 0.122 e. The normalized spacial score (nSPS) is 21.5. The van der Waals surface area contributed by atoms with Crippen LogP contribution in [0.3, 0.4) is 0 Å². The van der Waals surface area contributed by atoms with E-state index in [1.54, 1.807) is 0 Å². The van der Waals surface area contributed by atoms with E-state index in [-0.39, 0.29) is 6.61 Å². The van der Waals surface area contributed by atoms with Crippen LogP contribution in [-0.4, -0.2) is 34.8 Å². The van der Waals surface area contributed by atoms with E-state index in [9.17, 15) is 5.11 Å². The van der Waals surface area contributed by atoms with Gasteiger partial charge in [-0.05, 0) is 31.4 Å². The zero-order valence-corrected chi connectivity index (χ0v) is 9.69. The molecule has 1 fully saturated rings. The molecule has 0 amide bonds. The molecule has 0 aliphatic carbocycles. The van der Waals surface area contributed by atoms with Crippen molar-refractivity contribution < 1.29 is 10.2 Å². The summed E-state index contributed by atoms with van der Waals surface area (Å²) in [7, 11) is 0. The second kappa shape index (κ2) is 4.85. The van der Waals surface area contributed by atoms with Crippen molar-refractivity contribution in [3.8, 4) is 5.75 Å². The average Bonchev–Trinajstić information content (AvgIpc) is 2.73. The Kier molecular flexibility index (Phi) is 3.46. The van der Waals surface area contributed by atoms with Crippen molar-refractivity contribution in [1.82, 2.24) is 4.90 Å². The number of rotatable bonds is 3. The third-order valence-electron chi connectivity index (χ3n) is 3.34. The van der Waals surface area contributed by atoms with Gasteiger partial charge in [-0.3, -0.25) is 4.90 Å². The van der Waals surface area contributed by atoms with Crippen LogP contribution in [0.15, 0.2) is 18.2 Å². The number of phenolic OH excluding ortho intramolecular Hbond substituents is 1. The molecule has 0 spiro atoms. The predicted molar refractivity (Wildman–Crippen MR) is 63.3 cm³/mol. The number of aryl methyl sites for hydroxylation is 1. The lowest BCUT2D eigenvalue weighted by Crippen LogP contribution is -2.21. The quantitative estimate of drug-likeness (QED) is 0.813. The number of phenols is 1. The standard InChI is InChI=1S/C13H19NO2/c1-10-3-2-4-12(13(10)16)8-14-6-5-11(7-14)9-15/h2-4,11,15-16H,5-9H2,1H3. The van der Waals surface area contributed by atoms with Crippen molar-refractivity contribution in [2.45, 2.75) is 19.9 Å². The minimum atomic E-state index is 0.274. The number of para-hydroxylation sites is 1. The van der Waals surface area contributed by atoms with Gasteiger partial charge in [-0.25, -0.2) is 0 Å². The van der Waals surface area contributed by atoms with Crippen LogP contribution in [0, 0.1) is 12.8 Å². The molecule has 1 heterocycles. The minimum absolute atomic E-state index is 0.274. The summed E-state index contributed by atoms with van der Waals surface area (Å²) >= 11 is 0. The predicted octanol–water partition coefficient (Wildman–Crippen LogP) is 1.51. The Morgan fingerprint density at radius 3 is 2.94 bits per heavy atom. The van der Waals surface area contributed by atoms with Crippen LogP contribution in [0.4, 0.5) is 0 Å². The molecule has 2 rings (SSSR count). The van der Waals surface area contributed by atoms with E-state index in [2.05, 4.69) is 4.90 Å². The van der Waals surface area contributed by atoms with Crippen molar-refractivity contribution >= 4 is 0 Å². The number of aliphatic hydroxyl groups is 1. The van der Waals surface area contributed by atoms with E-state index in [0.717, 1.165) is 37.2 Å². The molecule has 0 radical (unpaired) electrons. The number of hydrogen-bond acceptors (Lipinski definition) is 3. The van der Waals surface area contributed by atoms with Gasteiger partial charge in [-0.15, -0.1) is 0 Å². The number of aliphatic hydroxyl groups excluding tert-OH is 1. The summed E-state index contributed by atoms with van der Waals surface area (Å²) in [5.41, 5.74) is 1.91. The molecule has 3 heteroatoms. The summed E-state index contributed by atoms with van der Waals surface area (Å²) in [5.74, 6) is 0.821. The fourth-order valence-corrected chi connectivity index (χ4v) is 2.29. The number of benzene rings is 1. The molecule has 0 bridgehead atoms. The van der Waals surface area contributed by atoms with E-state index in [1.165, 1.54) is 0 Å². The van der Waals surface area contributed by atoms with Crippen LogP contribution in [-0.2, 0) is 6.54 Å². The highest BCUT2D eigenvalue weighted by molar-refractivity contribution is 5.39. The summed E-state index contributed by atoms with van der Waals surface area (Å²) < 4.78 is 0. The summed E-state index contributed by atoms with van der Waals surface area (Å²) in [6.45, 7) is 4.92. The molecule has 0 aromatic heterocycles. The van der Waals surface area contributed by atoms with E-state index in [1.807, 2.05) is 25.1 Å². The van der Waals surface area contributed by atoms with Crippen LogP contribution in [0.5, 0.6) is 5.75 Å². The van der Waals surface area contributed by atoms with Gasteiger partial charge >= 0.3 is 0 Å². The maximum absolute atomic E-state index is 9.90. The lowest BCUT2D eigenvalue weighted by molar-refractivity contribution is 0.219. The molecular weight excluding hydrogens is 202 g/mol. The van der Waals surface area contributed by atoms with Gasteiger partial charge in [0.1, 0.15) is 5.75 Å². The number of hydrogen-bond donors (Lipinski definition) is 2. The van der Waals surface area contributed by atoms with Gasteiger partial charge in [0, 0.05) is 25.3 Å². The highest BCUT2D eigenvalue weighted by Crippen LogP contribution is 2.25. The van der Waals surface area contributed by atoms with Gasteiger partial charge in [0.2, 0.25) is 0 Å². The zero-order valence-electron chi connectivity index (χ0n) is 9.69. The molecule has 3 nitrogen and oxygen atoms in total. The van der Waals surface area contributed by atoms with Gasteiger partial charge in [0.05, 0.1) is 0 Å². The Labute approximate surface area is 96.3 Å². The maximum Gasteiger partial charge on any atom is 0.122 e. The topological polar surface area (TPSA) is 43.7 Å². The SMILES string of the molecule is Cc1cccc(CN2CCC(CO)C2)c1O. The van der Waals surface area contributed by atoms with Crippen LogP contribution >= 0.6 is 0 Å². The first-order valence-corrected chi connectivity index (χ1v) is 5.81. The Balaban J connectivity index is 2.02. The third kappa shape index (κ3) is 2.36. The first kappa shape index (κ1) is 11.4. The Hall–Kier alpha value is -1.06. The molecule has 0 saturated carbocycles. The van der Waals surface area contributed by atoms with E-state index in [0.29, 0.717) is 11.7 Å². The number of likely N-dealkylation sites (tertiary alicyclic amines) is 1. The second-order valence-electron chi connectivity index (χ2n) is 4.66. The molecule has 1 aromatic rings. The number of nitrogens with zero attached hydrogens (tertiary/aromatic N) is 1. The summed E-state index contributed by atoms with van der Waals surface area (Å²) in [4.78, 5) is 2.29. The molecule has 16 heavy (non-hydrogen) atoms. The van der Waals surface area contributed by atoms with Crippen LogP contribution in [0.2, 0.25) is 0 Å². The lowest BCUT2D eigenvalue weighted by Gasteiger charge is -2.17. The van der Waals surface area contributed by atoms with Crippen molar-refractivity contribution in [3.05, 3.63) is 29.3 Å². The van der Waals surface area contributed by atoms with Crippen molar-refractivity contribution in [2.75, 3.05) is 19.7 Å². The molecule has 1 aromatic carbocycles. The van der Waals surface area contributed by atoms with Gasteiger partial charge in [-0.1, -0.05) is 18.2 Å². The van der Waals surface area contributed by atoms with E-state index >= 15 is 0 Å². The molecule has 1 atom stereocenters. The summed E-state index contributed by atoms with van der Waals surface area (Å²) in [5, 5.41) is 19.0. The van der Waals surface area contributed by atoms with Crippen LogP contribution in [0.1, 0.15) is 17.5 Å². The average molecular weight is 221 g/mol.